The Morgan fingerprint density at radius 1 is 1.05 bits per heavy atom. The van der Waals surface area contributed by atoms with Crippen molar-refractivity contribution in [2.45, 2.75) is 85.2 Å². The fraction of sp³-hybridized carbons (Fsp3) is 0.700. The fourth-order valence-electron chi connectivity index (χ4n) is 2.43. The molecule has 126 valence electrons. The molecule has 2 heteroatoms. The van der Waals surface area contributed by atoms with E-state index in [-0.39, 0.29) is 10.8 Å². The molecule has 22 heavy (non-hydrogen) atoms. The van der Waals surface area contributed by atoms with E-state index in [9.17, 15) is 5.11 Å². The molecule has 0 saturated carbocycles. The molecular weight excluding hydrogens is 272 g/mol. The van der Waals surface area contributed by atoms with Crippen LogP contribution in [0.2, 0.25) is 0 Å². The predicted molar refractivity (Wildman–Crippen MR) is 94.9 cm³/mol. The molecule has 0 bridgehead atoms. The zero-order valence-corrected chi connectivity index (χ0v) is 15.7. The first kappa shape index (κ1) is 19.0. The Morgan fingerprint density at radius 2 is 1.64 bits per heavy atom. The molecule has 0 aromatic heterocycles. The minimum Gasteiger partial charge on any atom is -0.493 e. The highest BCUT2D eigenvalue weighted by Gasteiger charge is 2.27. The van der Waals surface area contributed by atoms with Crippen molar-refractivity contribution in [1.82, 2.24) is 0 Å². The number of unbranched alkanes of at least 4 members (excludes halogenated alkanes) is 1. The highest BCUT2D eigenvalue weighted by molar-refractivity contribution is 5.50. The van der Waals surface area contributed by atoms with Crippen LogP contribution in [0.3, 0.4) is 0 Å². The summed E-state index contributed by atoms with van der Waals surface area (Å²) in [6, 6.07) is 4.37. The first-order valence-electron chi connectivity index (χ1n) is 8.48. The summed E-state index contributed by atoms with van der Waals surface area (Å²) in [5, 5.41) is 10.3. The minimum absolute atomic E-state index is 0.0214. The molecule has 2 nitrogen and oxygen atoms in total. The van der Waals surface area contributed by atoms with Crippen LogP contribution in [0.5, 0.6) is 5.75 Å². The number of hydrogen-bond acceptors (Lipinski definition) is 2. The highest BCUT2D eigenvalue weighted by Crippen LogP contribution is 2.40. The average Bonchev–Trinajstić information content (AvgIpc) is 2.36. The second kappa shape index (κ2) is 7.04. The van der Waals surface area contributed by atoms with E-state index in [1.807, 2.05) is 6.92 Å². The molecule has 1 atom stereocenters. The number of hydrogen-bond donors (Lipinski definition) is 1. The van der Waals surface area contributed by atoms with Crippen LogP contribution in [-0.4, -0.2) is 11.7 Å². The van der Waals surface area contributed by atoms with E-state index in [0.29, 0.717) is 6.61 Å². The lowest BCUT2D eigenvalue weighted by Gasteiger charge is -2.30. The molecule has 0 radical (unpaired) electrons. The van der Waals surface area contributed by atoms with Gasteiger partial charge in [-0.05, 0) is 35.8 Å². The van der Waals surface area contributed by atoms with Crippen molar-refractivity contribution >= 4 is 0 Å². The summed E-state index contributed by atoms with van der Waals surface area (Å²) in [5.41, 5.74) is 3.37. The third kappa shape index (κ3) is 4.74. The van der Waals surface area contributed by atoms with Crippen LogP contribution in [0.15, 0.2) is 12.1 Å². The third-order valence-corrected chi connectivity index (χ3v) is 3.99. The Morgan fingerprint density at radius 3 is 2.05 bits per heavy atom. The normalized spacial score (nSPS) is 14.0. The molecule has 1 aromatic rings. The van der Waals surface area contributed by atoms with Gasteiger partial charge in [0.1, 0.15) is 5.75 Å². The molecule has 0 aliphatic carbocycles. The standard InChI is InChI=1S/C20H34O2/c1-9-10-11-22-18-16(14(2)21)12-15(19(3,4)5)13-17(18)20(6,7)8/h12-14,21H,9-11H2,1-8H3/t14-/m1/s1. The monoisotopic (exact) mass is 306 g/mol. The molecular formula is C20H34O2. The largest absolute Gasteiger partial charge is 0.493 e. The van der Waals surface area contributed by atoms with Crippen molar-refractivity contribution in [3.63, 3.8) is 0 Å². The summed E-state index contributed by atoms with van der Waals surface area (Å²) in [4.78, 5) is 0. The highest BCUT2D eigenvalue weighted by atomic mass is 16.5. The molecule has 1 aromatic carbocycles. The third-order valence-electron chi connectivity index (χ3n) is 3.99. The second-order valence-corrected chi connectivity index (χ2v) is 8.32. The van der Waals surface area contributed by atoms with Crippen molar-refractivity contribution in [2.24, 2.45) is 0 Å². The van der Waals surface area contributed by atoms with Crippen LogP contribution in [0.25, 0.3) is 0 Å². The molecule has 0 aliphatic rings. The van der Waals surface area contributed by atoms with Gasteiger partial charge in [-0.2, -0.15) is 0 Å². The van der Waals surface area contributed by atoms with E-state index in [2.05, 4.69) is 60.6 Å². The molecule has 0 spiro atoms. The molecule has 0 fully saturated rings. The van der Waals surface area contributed by atoms with Gasteiger partial charge in [0.2, 0.25) is 0 Å². The van der Waals surface area contributed by atoms with Gasteiger partial charge in [0, 0.05) is 11.1 Å². The Balaban J connectivity index is 3.49. The number of aliphatic hydroxyl groups is 1. The quantitative estimate of drug-likeness (QED) is 0.726. The van der Waals surface area contributed by atoms with Crippen LogP contribution in [0, 0.1) is 0 Å². The zero-order chi connectivity index (χ0) is 17.1. The Labute approximate surface area is 136 Å². The molecule has 0 unspecified atom stereocenters. The number of rotatable bonds is 5. The van der Waals surface area contributed by atoms with E-state index < -0.39 is 6.10 Å². The van der Waals surface area contributed by atoms with E-state index in [0.717, 1.165) is 24.2 Å². The summed E-state index contributed by atoms with van der Waals surface area (Å²) < 4.78 is 6.10. The van der Waals surface area contributed by atoms with Crippen molar-refractivity contribution in [3.8, 4) is 5.75 Å². The lowest BCUT2D eigenvalue weighted by atomic mass is 9.78. The van der Waals surface area contributed by atoms with Crippen molar-refractivity contribution in [1.29, 1.82) is 0 Å². The zero-order valence-electron chi connectivity index (χ0n) is 15.7. The maximum absolute atomic E-state index is 10.3. The molecule has 0 aliphatic heterocycles. The number of aliphatic hydroxyl groups excluding tert-OH is 1. The maximum Gasteiger partial charge on any atom is 0.128 e. The van der Waals surface area contributed by atoms with Crippen LogP contribution in [0.1, 0.15) is 91.0 Å². The van der Waals surface area contributed by atoms with Crippen LogP contribution >= 0.6 is 0 Å². The Kier molecular flexibility index (Phi) is 6.09. The second-order valence-electron chi connectivity index (χ2n) is 8.32. The summed E-state index contributed by atoms with van der Waals surface area (Å²) in [7, 11) is 0. The van der Waals surface area contributed by atoms with E-state index in [1.54, 1.807) is 0 Å². The van der Waals surface area contributed by atoms with E-state index in [1.165, 1.54) is 11.1 Å². The average molecular weight is 306 g/mol. The van der Waals surface area contributed by atoms with Crippen LogP contribution < -0.4 is 4.74 Å². The van der Waals surface area contributed by atoms with E-state index in [4.69, 9.17) is 4.74 Å². The minimum atomic E-state index is -0.528. The lowest BCUT2D eigenvalue weighted by molar-refractivity contribution is 0.189. The van der Waals surface area contributed by atoms with Gasteiger partial charge in [0.05, 0.1) is 12.7 Å². The molecule has 0 heterocycles. The molecule has 1 rings (SSSR count). The van der Waals surface area contributed by atoms with Crippen molar-refractivity contribution in [2.75, 3.05) is 6.61 Å². The van der Waals surface area contributed by atoms with Gasteiger partial charge in [-0.25, -0.2) is 0 Å². The maximum atomic E-state index is 10.3. The van der Waals surface area contributed by atoms with E-state index >= 15 is 0 Å². The van der Waals surface area contributed by atoms with Crippen molar-refractivity contribution in [3.05, 3.63) is 28.8 Å². The SMILES string of the molecule is CCCCOc1c([C@@H](C)O)cc(C(C)(C)C)cc1C(C)(C)C. The lowest BCUT2D eigenvalue weighted by Crippen LogP contribution is -2.20. The molecule has 0 amide bonds. The van der Waals surface area contributed by atoms with Gasteiger partial charge >= 0.3 is 0 Å². The summed E-state index contributed by atoms with van der Waals surface area (Å²) in [5.74, 6) is 0.879. The predicted octanol–water partition coefficient (Wildman–Crippen LogP) is 5.51. The summed E-state index contributed by atoms with van der Waals surface area (Å²) >= 11 is 0. The molecule has 1 N–H and O–H groups in total. The van der Waals surface area contributed by atoms with Gasteiger partial charge in [0.25, 0.3) is 0 Å². The first-order valence-corrected chi connectivity index (χ1v) is 8.48. The molecule has 0 saturated heterocycles. The Bertz CT molecular complexity index is 488. The number of benzene rings is 1. The fourth-order valence-corrected chi connectivity index (χ4v) is 2.43. The van der Waals surface area contributed by atoms with Gasteiger partial charge in [0.15, 0.2) is 0 Å². The summed E-state index contributed by atoms with van der Waals surface area (Å²) in [6.07, 6.45) is 1.61. The van der Waals surface area contributed by atoms with Crippen LogP contribution in [0.4, 0.5) is 0 Å². The smallest absolute Gasteiger partial charge is 0.128 e. The number of ether oxygens (including phenoxy) is 1. The Hall–Kier alpha value is -1.02. The first-order chi connectivity index (χ1) is 9.98. The topological polar surface area (TPSA) is 29.5 Å². The van der Waals surface area contributed by atoms with Gasteiger partial charge < -0.3 is 9.84 Å². The summed E-state index contributed by atoms with van der Waals surface area (Å²) in [6.45, 7) is 17.9. The van der Waals surface area contributed by atoms with Crippen molar-refractivity contribution < 1.29 is 9.84 Å². The van der Waals surface area contributed by atoms with Gasteiger partial charge in [-0.1, -0.05) is 61.0 Å². The van der Waals surface area contributed by atoms with Crippen LogP contribution in [-0.2, 0) is 10.8 Å². The van der Waals surface area contributed by atoms with Gasteiger partial charge in [-0.15, -0.1) is 0 Å². The van der Waals surface area contributed by atoms with Gasteiger partial charge in [-0.3, -0.25) is 0 Å².